The normalized spacial score (nSPS) is 14.5. The number of benzene rings is 3. The van der Waals surface area contributed by atoms with Crippen LogP contribution in [0.4, 0.5) is 5.69 Å². The Kier molecular flexibility index (Phi) is 11.3. The third-order valence-electron chi connectivity index (χ3n) is 7.92. The molecule has 1 aliphatic rings. The lowest BCUT2D eigenvalue weighted by molar-refractivity contribution is -0.139. The number of methoxy groups -OCH3 is 1. The first kappa shape index (κ1) is 32.5. The summed E-state index contributed by atoms with van der Waals surface area (Å²) in [5.41, 5.74) is 2.33. The molecule has 0 aromatic heterocycles. The molecule has 0 heterocycles. The molecule has 0 aliphatic heterocycles. The Morgan fingerprint density at radius 2 is 1.67 bits per heavy atom. The maximum absolute atomic E-state index is 14.1. The maximum atomic E-state index is 14.1. The van der Waals surface area contributed by atoms with Gasteiger partial charge in [-0.3, -0.25) is 13.9 Å². The van der Waals surface area contributed by atoms with Gasteiger partial charge in [0.15, 0.2) is 0 Å². The van der Waals surface area contributed by atoms with E-state index in [-0.39, 0.29) is 23.4 Å². The molecular weight excluding hydrogens is 630 g/mol. The van der Waals surface area contributed by atoms with Crippen molar-refractivity contribution in [3.05, 3.63) is 88.4 Å². The number of halogens is 1. The van der Waals surface area contributed by atoms with E-state index in [0.717, 1.165) is 47.5 Å². The van der Waals surface area contributed by atoms with E-state index in [9.17, 15) is 18.0 Å². The summed E-state index contributed by atoms with van der Waals surface area (Å²) in [6.07, 6.45) is 5.68. The zero-order chi connectivity index (χ0) is 31.0. The van der Waals surface area contributed by atoms with Gasteiger partial charge >= 0.3 is 0 Å². The Labute approximate surface area is 263 Å². The van der Waals surface area contributed by atoms with Gasteiger partial charge in [-0.25, -0.2) is 8.42 Å². The summed E-state index contributed by atoms with van der Waals surface area (Å²) in [6, 6.07) is 20.5. The van der Waals surface area contributed by atoms with Crippen LogP contribution in [0.15, 0.2) is 82.2 Å². The smallest absolute Gasteiger partial charge is 0.264 e. The monoisotopic (exact) mass is 669 g/mol. The number of rotatable bonds is 12. The van der Waals surface area contributed by atoms with Gasteiger partial charge in [-0.2, -0.15) is 0 Å². The predicted octanol–water partition coefficient (Wildman–Crippen LogP) is 5.87. The van der Waals surface area contributed by atoms with Crippen LogP contribution in [-0.4, -0.2) is 57.4 Å². The Bertz CT molecular complexity index is 1490. The molecule has 3 aromatic rings. The van der Waals surface area contributed by atoms with Crippen LogP contribution in [0, 0.1) is 6.92 Å². The quantitative estimate of drug-likeness (QED) is 0.260. The zero-order valence-electron chi connectivity index (χ0n) is 25.0. The van der Waals surface area contributed by atoms with E-state index in [1.165, 1.54) is 24.1 Å². The lowest BCUT2D eigenvalue weighted by Gasteiger charge is -2.33. The predicted molar refractivity (Wildman–Crippen MR) is 173 cm³/mol. The lowest BCUT2D eigenvalue weighted by Crippen LogP contribution is -2.53. The third-order valence-corrected chi connectivity index (χ3v) is 10.3. The van der Waals surface area contributed by atoms with Crippen molar-refractivity contribution in [3.63, 3.8) is 0 Å². The second-order valence-electron chi connectivity index (χ2n) is 11.0. The van der Waals surface area contributed by atoms with Gasteiger partial charge in [0.2, 0.25) is 11.8 Å². The molecule has 1 aliphatic carbocycles. The number of sulfonamides is 1. The van der Waals surface area contributed by atoms with E-state index in [0.29, 0.717) is 22.3 Å². The zero-order valence-corrected chi connectivity index (χ0v) is 27.4. The van der Waals surface area contributed by atoms with Crippen molar-refractivity contribution in [2.45, 2.75) is 69.4 Å². The van der Waals surface area contributed by atoms with Crippen LogP contribution in [-0.2, 0) is 26.0 Å². The highest BCUT2D eigenvalue weighted by Crippen LogP contribution is 2.31. The number of anilines is 1. The maximum Gasteiger partial charge on any atom is 0.264 e. The van der Waals surface area contributed by atoms with Crippen LogP contribution in [0.25, 0.3) is 0 Å². The standard InChI is InChI=1S/C33H40BrN3O5S/c1-24-14-16-28(17-15-24)37(43(40,41)29-18-19-31(42-3)30(34)22-29)23-32(38)36(21-20-26-10-6-4-7-11-26)25(2)33(39)35-27-12-8-5-9-13-27/h4,6-7,10-11,14-19,22,25,27H,5,8-9,12-13,20-21,23H2,1-3H3,(H,35,39)/t25-/m0/s1. The van der Waals surface area contributed by atoms with Crippen molar-refractivity contribution in [1.82, 2.24) is 10.2 Å². The molecule has 10 heteroatoms. The van der Waals surface area contributed by atoms with Crippen LogP contribution >= 0.6 is 15.9 Å². The van der Waals surface area contributed by atoms with Gasteiger partial charge < -0.3 is 15.0 Å². The number of amides is 2. The molecule has 1 N–H and O–H groups in total. The summed E-state index contributed by atoms with van der Waals surface area (Å²) in [6.45, 7) is 3.42. The number of ether oxygens (including phenoxy) is 1. The molecule has 43 heavy (non-hydrogen) atoms. The molecule has 230 valence electrons. The Hall–Kier alpha value is -3.37. The van der Waals surface area contributed by atoms with Crippen LogP contribution in [0.3, 0.4) is 0 Å². The van der Waals surface area contributed by atoms with E-state index in [1.807, 2.05) is 37.3 Å². The lowest BCUT2D eigenvalue weighted by atomic mass is 9.95. The number of carbonyl (C=O) groups excluding carboxylic acids is 2. The molecule has 2 amide bonds. The average molecular weight is 671 g/mol. The molecule has 0 spiro atoms. The van der Waals surface area contributed by atoms with Crippen LogP contribution in [0.2, 0.25) is 0 Å². The minimum Gasteiger partial charge on any atom is -0.496 e. The molecular formula is C33H40BrN3O5S. The highest BCUT2D eigenvalue weighted by Gasteiger charge is 2.33. The van der Waals surface area contributed by atoms with Gasteiger partial charge in [-0.1, -0.05) is 67.3 Å². The van der Waals surface area contributed by atoms with Crippen molar-refractivity contribution in [2.75, 3.05) is 24.5 Å². The second kappa shape index (κ2) is 14.9. The fraction of sp³-hybridized carbons (Fsp3) is 0.394. The first-order chi connectivity index (χ1) is 20.6. The number of hydrogen-bond acceptors (Lipinski definition) is 5. The Morgan fingerprint density at radius 3 is 2.30 bits per heavy atom. The first-order valence-electron chi connectivity index (χ1n) is 14.7. The van der Waals surface area contributed by atoms with Crippen molar-refractivity contribution < 1.29 is 22.7 Å². The Morgan fingerprint density at radius 1 is 1.00 bits per heavy atom. The van der Waals surface area contributed by atoms with Crippen LogP contribution < -0.4 is 14.4 Å². The SMILES string of the molecule is COc1ccc(S(=O)(=O)N(CC(=O)N(CCc2ccccc2)[C@@H](C)C(=O)NC2CCCCC2)c2ccc(C)cc2)cc1Br. The molecule has 0 saturated heterocycles. The van der Waals surface area contributed by atoms with E-state index >= 15 is 0 Å². The average Bonchev–Trinajstić information content (AvgIpc) is 3.01. The fourth-order valence-corrected chi connectivity index (χ4v) is 7.45. The highest BCUT2D eigenvalue weighted by atomic mass is 79.9. The third kappa shape index (κ3) is 8.38. The van der Waals surface area contributed by atoms with Crippen molar-refractivity contribution in [3.8, 4) is 5.75 Å². The van der Waals surface area contributed by atoms with Crippen molar-refractivity contribution in [1.29, 1.82) is 0 Å². The largest absolute Gasteiger partial charge is 0.496 e. The first-order valence-corrected chi connectivity index (χ1v) is 16.9. The van der Waals surface area contributed by atoms with Gasteiger partial charge in [0.25, 0.3) is 10.0 Å². The summed E-state index contributed by atoms with van der Waals surface area (Å²) in [4.78, 5) is 29.0. The number of nitrogens with one attached hydrogen (secondary N) is 1. The summed E-state index contributed by atoms with van der Waals surface area (Å²) < 4.78 is 35.0. The topological polar surface area (TPSA) is 96.0 Å². The van der Waals surface area contributed by atoms with E-state index in [4.69, 9.17) is 4.74 Å². The molecule has 4 rings (SSSR count). The van der Waals surface area contributed by atoms with E-state index in [1.54, 1.807) is 37.3 Å². The van der Waals surface area contributed by atoms with E-state index in [2.05, 4.69) is 21.2 Å². The second-order valence-corrected chi connectivity index (χ2v) is 13.7. The summed E-state index contributed by atoms with van der Waals surface area (Å²) >= 11 is 3.38. The minimum absolute atomic E-state index is 0.00692. The summed E-state index contributed by atoms with van der Waals surface area (Å²) in [5, 5.41) is 3.13. The Balaban J connectivity index is 1.65. The molecule has 0 bridgehead atoms. The van der Waals surface area contributed by atoms with Crippen LogP contribution in [0.5, 0.6) is 5.75 Å². The molecule has 8 nitrogen and oxygen atoms in total. The number of carbonyl (C=O) groups is 2. The van der Waals surface area contributed by atoms with Gasteiger partial charge in [-0.15, -0.1) is 0 Å². The van der Waals surface area contributed by atoms with Gasteiger partial charge in [0, 0.05) is 12.6 Å². The van der Waals surface area contributed by atoms with Crippen molar-refractivity contribution in [2.24, 2.45) is 0 Å². The fourth-order valence-electron chi connectivity index (χ4n) is 5.31. The van der Waals surface area contributed by atoms with Gasteiger partial charge in [-0.05, 0) is 84.9 Å². The van der Waals surface area contributed by atoms with Gasteiger partial charge in [0.05, 0.1) is 22.2 Å². The highest BCUT2D eigenvalue weighted by molar-refractivity contribution is 9.10. The van der Waals surface area contributed by atoms with Crippen molar-refractivity contribution >= 4 is 43.5 Å². The number of hydrogen-bond donors (Lipinski definition) is 1. The molecule has 1 saturated carbocycles. The molecule has 3 aromatic carbocycles. The van der Waals surface area contributed by atoms with Crippen LogP contribution in [0.1, 0.15) is 50.2 Å². The summed E-state index contributed by atoms with van der Waals surface area (Å²) in [7, 11) is -2.68. The molecule has 1 fully saturated rings. The minimum atomic E-state index is -4.18. The van der Waals surface area contributed by atoms with E-state index < -0.39 is 28.5 Å². The molecule has 0 radical (unpaired) electrons. The summed E-state index contributed by atoms with van der Waals surface area (Å²) in [5.74, 6) is -0.196. The number of nitrogens with zero attached hydrogens (tertiary/aromatic N) is 2. The number of aryl methyl sites for hydroxylation is 1. The van der Waals surface area contributed by atoms with Gasteiger partial charge in [0.1, 0.15) is 18.3 Å². The molecule has 1 atom stereocenters. The molecule has 0 unspecified atom stereocenters.